The minimum absolute atomic E-state index is 0.142. The first kappa shape index (κ1) is 11.2. The molecule has 92 valence electrons. The Balaban J connectivity index is 2.62. The van der Waals surface area contributed by atoms with Gasteiger partial charge < -0.3 is 5.73 Å². The number of Topliss-reactive ketones (excluding diaryl/α,β-unsaturated/α-hetero) is 1. The second-order valence-electron chi connectivity index (χ2n) is 4.28. The molecule has 2 N–H and O–H groups in total. The summed E-state index contributed by atoms with van der Waals surface area (Å²) in [5.74, 6) is 0.160. The predicted molar refractivity (Wildman–Crippen MR) is 71.8 cm³/mol. The number of benzene rings is 1. The summed E-state index contributed by atoms with van der Waals surface area (Å²) in [5.41, 5.74) is 8.70. The van der Waals surface area contributed by atoms with Crippen LogP contribution >= 0.6 is 0 Å². The van der Waals surface area contributed by atoms with E-state index in [1.165, 1.54) is 13.0 Å². The number of nitriles is 1. The van der Waals surface area contributed by atoms with Gasteiger partial charge in [0.05, 0.1) is 22.2 Å². The summed E-state index contributed by atoms with van der Waals surface area (Å²) >= 11 is 0. The summed E-state index contributed by atoms with van der Waals surface area (Å²) in [7, 11) is 0. The number of hydrogen-bond donors (Lipinski definition) is 1. The van der Waals surface area contributed by atoms with E-state index in [9.17, 15) is 4.79 Å². The Labute approximate surface area is 108 Å². The van der Waals surface area contributed by atoms with E-state index in [1.807, 2.05) is 30.3 Å². The Hall–Kier alpha value is -2.87. The van der Waals surface area contributed by atoms with Crippen LogP contribution in [0.25, 0.3) is 16.7 Å². The smallest absolute Gasteiger partial charge is 0.163 e. The third kappa shape index (κ3) is 1.47. The number of imidazole rings is 1. The molecule has 0 radical (unpaired) electrons. The van der Waals surface area contributed by atoms with Crippen LogP contribution in [0.3, 0.4) is 0 Å². The highest BCUT2D eigenvalue weighted by atomic mass is 16.1. The molecule has 5 nitrogen and oxygen atoms in total. The number of pyridine rings is 1. The fourth-order valence-electron chi connectivity index (χ4n) is 2.20. The Kier molecular flexibility index (Phi) is 2.26. The zero-order chi connectivity index (χ0) is 13.6. The van der Waals surface area contributed by atoms with Gasteiger partial charge in [0.25, 0.3) is 0 Å². The normalized spacial score (nSPS) is 10.7. The molecular weight excluding hydrogens is 240 g/mol. The molecule has 0 atom stereocenters. The number of nitrogen functional groups attached to an aromatic ring is 1. The number of carbonyl (C=O) groups is 1. The van der Waals surface area contributed by atoms with Gasteiger partial charge in [-0.25, -0.2) is 4.98 Å². The average molecular weight is 250 g/mol. The molecule has 0 saturated carbocycles. The van der Waals surface area contributed by atoms with Crippen LogP contribution < -0.4 is 5.73 Å². The third-order valence-electron chi connectivity index (χ3n) is 3.11. The fourth-order valence-corrected chi connectivity index (χ4v) is 2.20. The molecule has 0 saturated heterocycles. The van der Waals surface area contributed by atoms with Gasteiger partial charge in [-0.2, -0.15) is 5.26 Å². The maximum absolute atomic E-state index is 11.7. The largest absolute Gasteiger partial charge is 0.384 e. The van der Waals surface area contributed by atoms with Crippen molar-refractivity contribution in [2.24, 2.45) is 0 Å². The lowest BCUT2D eigenvalue weighted by Gasteiger charge is -2.06. The highest BCUT2D eigenvalue weighted by Crippen LogP contribution is 2.25. The molecule has 0 aliphatic rings. The van der Waals surface area contributed by atoms with Gasteiger partial charge in [-0.3, -0.25) is 9.20 Å². The van der Waals surface area contributed by atoms with E-state index in [4.69, 9.17) is 11.0 Å². The topological polar surface area (TPSA) is 84.2 Å². The van der Waals surface area contributed by atoms with Crippen LogP contribution in [0.2, 0.25) is 0 Å². The molecule has 0 bridgehead atoms. The Morgan fingerprint density at radius 1 is 1.42 bits per heavy atom. The van der Waals surface area contributed by atoms with Gasteiger partial charge in [-0.1, -0.05) is 12.1 Å². The van der Waals surface area contributed by atoms with Gasteiger partial charge in [0.1, 0.15) is 11.9 Å². The van der Waals surface area contributed by atoms with Crippen LogP contribution in [-0.4, -0.2) is 15.2 Å². The summed E-state index contributed by atoms with van der Waals surface area (Å²) < 4.78 is 1.66. The summed E-state index contributed by atoms with van der Waals surface area (Å²) in [6.07, 6.45) is 0. The van der Waals surface area contributed by atoms with Gasteiger partial charge in [0.2, 0.25) is 0 Å². The maximum Gasteiger partial charge on any atom is 0.163 e. The fraction of sp³-hybridized carbons (Fsp3) is 0.0714. The van der Waals surface area contributed by atoms with Crippen molar-refractivity contribution in [1.82, 2.24) is 9.38 Å². The molecule has 0 spiro atoms. The molecule has 5 heteroatoms. The van der Waals surface area contributed by atoms with Crippen molar-refractivity contribution in [1.29, 1.82) is 5.26 Å². The number of fused-ring (bicyclic) bond motifs is 3. The SMILES string of the molecule is CC(=O)c1cc(C#N)c(N)n2c1nc1ccccc12. The number of rotatable bonds is 1. The van der Waals surface area contributed by atoms with E-state index < -0.39 is 0 Å². The lowest BCUT2D eigenvalue weighted by molar-refractivity contribution is 0.101. The van der Waals surface area contributed by atoms with Crippen molar-refractivity contribution >= 4 is 28.3 Å². The van der Waals surface area contributed by atoms with Gasteiger partial charge in [0.15, 0.2) is 11.4 Å². The molecule has 3 rings (SSSR count). The minimum atomic E-state index is -0.142. The second kappa shape index (κ2) is 3.82. The molecule has 2 aromatic heterocycles. The van der Waals surface area contributed by atoms with E-state index in [0.29, 0.717) is 17.0 Å². The quantitative estimate of drug-likeness (QED) is 0.670. The summed E-state index contributed by atoms with van der Waals surface area (Å²) in [6.45, 7) is 1.45. The van der Waals surface area contributed by atoms with Gasteiger partial charge >= 0.3 is 0 Å². The van der Waals surface area contributed by atoms with E-state index in [-0.39, 0.29) is 11.3 Å². The van der Waals surface area contributed by atoms with Crippen LogP contribution in [0.15, 0.2) is 30.3 Å². The van der Waals surface area contributed by atoms with Gasteiger partial charge in [-0.05, 0) is 25.1 Å². The number of nitrogens with two attached hydrogens (primary N) is 1. The molecule has 0 fully saturated rings. The van der Waals surface area contributed by atoms with Crippen molar-refractivity contribution in [3.8, 4) is 6.07 Å². The summed E-state index contributed by atoms with van der Waals surface area (Å²) in [6, 6.07) is 10.9. The van der Waals surface area contributed by atoms with Gasteiger partial charge in [0, 0.05) is 0 Å². The molecule has 0 amide bonds. The van der Waals surface area contributed by atoms with Crippen LogP contribution in [-0.2, 0) is 0 Å². The number of carbonyl (C=O) groups excluding carboxylic acids is 1. The molecule has 19 heavy (non-hydrogen) atoms. The number of aromatic nitrogens is 2. The number of anilines is 1. The standard InChI is InChI=1S/C14H10N4O/c1-8(19)10-6-9(7-15)13(16)18-12-5-3-2-4-11(12)17-14(10)18/h2-6H,16H2,1H3. The van der Waals surface area contributed by atoms with Crippen LogP contribution in [0.5, 0.6) is 0 Å². The zero-order valence-electron chi connectivity index (χ0n) is 10.2. The Bertz CT molecular complexity index is 870. The minimum Gasteiger partial charge on any atom is -0.384 e. The van der Waals surface area contributed by atoms with Crippen molar-refractivity contribution < 1.29 is 4.79 Å². The van der Waals surface area contributed by atoms with E-state index in [1.54, 1.807) is 4.40 Å². The van der Waals surface area contributed by atoms with Crippen LogP contribution in [0.1, 0.15) is 22.8 Å². The van der Waals surface area contributed by atoms with Crippen molar-refractivity contribution in [3.63, 3.8) is 0 Å². The molecule has 0 aliphatic heterocycles. The number of para-hydroxylation sites is 2. The lowest BCUT2D eigenvalue weighted by atomic mass is 10.1. The first-order chi connectivity index (χ1) is 9.13. The van der Waals surface area contributed by atoms with Crippen molar-refractivity contribution in [3.05, 3.63) is 41.5 Å². The highest BCUT2D eigenvalue weighted by Gasteiger charge is 2.16. The summed E-state index contributed by atoms with van der Waals surface area (Å²) in [4.78, 5) is 16.1. The number of nitrogens with zero attached hydrogens (tertiary/aromatic N) is 3. The van der Waals surface area contributed by atoms with Crippen LogP contribution in [0, 0.1) is 11.3 Å². The average Bonchev–Trinajstić information content (AvgIpc) is 2.78. The molecule has 3 aromatic rings. The third-order valence-corrected chi connectivity index (χ3v) is 3.11. The van der Waals surface area contributed by atoms with Crippen molar-refractivity contribution in [2.45, 2.75) is 6.92 Å². The second-order valence-corrected chi connectivity index (χ2v) is 4.28. The van der Waals surface area contributed by atoms with Crippen molar-refractivity contribution in [2.75, 3.05) is 5.73 Å². The molecular formula is C14H10N4O. The molecule has 2 heterocycles. The molecule has 0 aliphatic carbocycles. The Morgan fingerprint density at radius 3 is 2.84 bits per heavy atom. The monoisotopic (exact) mass is 250 g/mol. The first-order valence-corrected chi connectivity index (χ1v) is 5.74. The molecule has 0 unspecified atom stereocenters. The van der Waals surface area contributed by atoms with Crippen LogP contribution in [0.4, 0.5) is 5.82 Å². The van der Waals surface area contributed by atoms with E-state index >= 15 is 0 Å². The zero-order valence-corrected chi connectivity index (χ0v) is 10.2. The lowest BCUT2D eigenvalue weighted by Crippen LogP contribution is -2.05. The summed E-state index contributed by atoms with van der Waals surface area (Å²) in [5, 5.41) is 9.12. The van der Waals surface area contributed by atoms with E-state index in [2.05, 4.69) is 4.98 Å². The first-order valence-electron chi connectivity index (χ1n) is 5.74. The highest BCUT2D eigenvalue weighted by molar-refractivity contribution is 6.02. The number of hydrogen-bond acceptors (Lipinski definition) is 4. The number of ketones is 1. The maximum atomic E-state index is 11.7. The van der Waals surface area contributed by atoms with Gasteiger partial charge in [-0.15, -0.1) is 0 Å². The Morgan fingerprint density at radius 2 is 2.16 bits per heavy atom. The van der Waals surface area contributed by atoms with E-state index in [0.717, 1.165) is 11.0 Å². The molecule has 1 aromatic carbocycles. The predicted octanol–water partition coefficient (Wildman–Crippen LogP) is 2.14.